The average molecular weight is 618 g/mol. The summed E-state index contributed by atoms with van der Waals surface area (Å²) >= 11 is -0.740. The van der Waals surface area contributed by atoms with Crippen LogP contribution in [0.15, 0.2) is 23.1 Å². The first kappa shape index (κ1) is 35.0. The summed E-state index contributed by atoms with van der Waals surface area (Å²) in [5.41, 5.74) is -17.3. The van der Waals surface area contributed by atoms with Crippen molar-refractivity contribution in [2.24, 2.45) is 0 Å². The van der Waals surface area contributed by atoms with Crippen LogP contribution >= 0.6 is 21.0 Å². The molecule has 0 fully saturated rings. The van der Waals surface area contributed by atoms with Crippen LogP contribution < -0.4 is 0 Å². The molecule has 16 heteroatoms. The Bertz CT molecular complexity index is 988. The highest BCUT2D eigenvalue weighted by Gasteiger charge is 2.78. The highest BCUT2D eigenvalue weighted by atomic mass is 32.2. The summed E-state index contributed by atoms with van der Waals surface area (Å²) in [6, 6.07) is 2.12. The van der Waals surface area contributed by atoms with Crippen LogP contribution in [0.5, 0.6) is 0 Å². The number of thioether (sulfide) groups is 1. The lowest BCUT2D eigenvalue weighted by Crippen LogP contribution is -2.66. The van der Waals surface area contributed by atoms with Crippen molar-refractivity contribution < 1.29 is 61.5 Å². The minimum absolute atomic E-state index is 0.204. The van der Waals surface area contributed by atoms with Crippen LogP contribution in [0.2, 0.25) is 0 Å². The number of alkyl halides is 13. The largest absolute Gasteiger partial charge is 0.346 e. The monoisotopic (exact) mass is 618 g/mol. The van der Waals surface area contributed by atoms with Gasteiger partial charge in [-0.1, -0.05) is 6.92 Å². The SMILES string of the molecule is Cc1cc(F)ccc1SC(F)(F)C(C)(F)CC(F)(F)C(F)(F)C(C)(F)C(C)(F)CC(F)(F)C(F)(F)C(C)P. The molecule has 5 unspecified atom stereocenters. The predicted octanol–water partition coefficient (Wildman–Crippen LogP) is 9.59. The number of aryl methyl sites for hydroxylation is 1. The Morgan fingerprint density at radius 3 is 1.63 bits per heavy atom. The molecule has 0 bridgehead atoms. The van der Waals surface area contributed by atoms with E-state index in [1.165, 1.54) is 9.24 Å². The maximum Gasteiger partial charge on any atom is 0.346 e. The van der Waals surface area contributed by atoms with E-state index < -0.39 is 101 Å². The maximum absolute atomic E-state index is 15.0. The first-order valence-electron chi connectivity index (χ1n) is 10.7. The summed E-state index contributed by atoms with van der Waals surface area (Å²) in [5, 5.41) is -4.94. The van der Waals surface area contributed by atoms with Gasteiger partial charge in [-0.15, -0.1) is 9.24 Å². The van der Waals surface area contributed by atoms with E-state index in [9.17, 15) is 57.1 Å². The van der Waals surface area contributed by atoms with E-state index in [2.05, 4.69) is 0 Å². The molecular weight excluding hydrogens is 593 g/mol. The fourth-order valence-electron chi connectivity index (χ4n) is 3.31. The molecule has 0 aliphatic carbocycles. The molecule has 1 rings (SSSR count). The van der Waals surface area contributed by atoms with Crippen LogP contribution in [0.3, 0.4) is 0 Å². The summed E-state index contributed by atoms with van der Waals surface area (Å²) in [5.74, 6) is -24.1. The fraction of sp³-hybridized carbons (Fsp3) is 0.727. The summed E-state index contributed by atoms with van der Waals surface area (Å²) in [6.45, 7) is 0.337. The molecule has 5 atom stereocenters. The second kappa shape index (κ2) is 10.4. The van der Waals surface area contributed by atoms with Gasteiger partial charge in [0.1, 0.15) is 5.82 Å². The average Bonchev–Trinajstić information content (AvgIpc) is 2.67. The first-order valence-corrected chi connectivity index (χ1v) is 12.1. The molecule has 0 aliphatic rings. The Hall–Kier alpha value is -0.980. The molecule has 1 aromatic carbocycles. The van der Waals surface area contributed by atoms with E-state index in [0.29, 0.717) is 13.0 Å². The molecule has 0 aromatic heterocycles. The van der Waals surface area contributed by atoms with Crippen LogP contribution in [-0.2, 0) is 0 Å². The number of halogens is 14. The van der Waals surface area contributed by atoms with Gasteiger partial charge < -0.3 is 0 Å². The van der Waals surface area contributed by atoms with Gasteiger partial charge >= 0.3 is 28.9 Å². The van der Waals surface area contributed by atoms with Crippen molar-refractivity contribution in [1.29, 1.82) is 0 Å². The molecule has 0 spiro atoms. The Labute approximate surface area is 216 Å². The Morgan fingerprint density at radius 2 is 1.21 bits per heavy atom. The lowest BCUT2D eigenvalue weighted by atomic mass is 9.75. The van der Waals surface area contributed by atoms with Gasteiger partial charge in [0.25, 0.3) is 0 Å². The minimum atomic E-state index is -6.46. The third-order valence-corrected chi connectivity index (χ3v) is 7.96. The Morgan fingerprint density at radius 1 is 0.763 bits per heavy atom. The van der Waals surface area contributed by atoms with Crippen molar-refractivity contribution in [2.75, 3.05) is 0 Å². The van der Waals surface area contributed by atoms with Gasteiger partial charge in [-0.3, -0.25) is 0 Å². The zero-order valence-electron chi connectivity index (χ0n) is 20.5. The summed E-state index contributed by atoms with van der Waals surface area (Å²) in [4.78, 5) is -0.534. The van der Waals surface area contributed by atoms with E-state index in [1.54, 1.807) is 0 Å². The molecule has 0 heterocycles. The van der Waals surface area contributed by atoms with Crippen molar-refractivity contribution in [3.63, 3.8) is 0 Å². The van der Waals surface area contributed by atoms with E-state index in [0.717, 1.165) is 19.1 Å². The number of hydrogen-bond acceptors (Lipinski definition) is 1. The maximum atomic E-state index is 15.0. The van der Waals surface area contributed by atoms with Gasteiger partial charge in [0.15, 0.2) is 11.3 Å². The Kier molecular flexibility index (Phi) is 9.64. The van der Waals surface area contributed by atoms with Crippen molar-refractivity contribution in [3.8, 4) is 0 Å². The highest BCUT2D eigenvalue weighted by Crippen LogP contribution is 2.59. The summed E-state index contributed by atoms with van der Waals surface area (Å²) < 4.78 is 202. The predicted molar refractivity (Wildman–Crippen MR) is 119 cm³/mol. The third kappa shape index (κ3) is 6.33. The van der Waals surface area contributed by atoms with Crippen LogP contribution in [0.25, 0.3) is 0 Å². The van der Waals surface area contributed by atoms with E-state index in [4.69, 9.17) is 0 Å². The van der Waals surface area contributed by atoms with Gasteiger partial charge in [-0.25, -0.2) is 17.6 Å². The van der Waals surface area contributed by atoms with Crippen molar-refractivity contribution in [1.82, 2.24) is 0 Å². The van der Waals surface area contributed by atoms with Crippen LogP contribution in [0.4, 0.5) is 61.5 Å². The van der Waals surface area contributed by atoms with E-state index in [-0.39, 0.29) is 12.5 Å². The molecule has 0 amide bonds. The quantitative estimate of drug-likeness (QED) is 0.128. The standard InChI is InChI=1S/C22H25F14PS/c1-11-8-13(23)6-7-14(11)38-22(35,36)16(4,25)10-19(29,30)21(33,34)17(5,26)15(3,24)9-18(27,28)20(31,32)12(2)37/h6-8,12H,9-10,37H2,1-5H3. The molecular formula is C22H25F14PS. The summed E-state index contributed by atoms with van der Waals surface area (Å²) in [6.07, 6.45) is -6.15. The van der Waals surface area contributed by atoms with Gasteiger partial charge in [0.2, 0.25) is 5.67 Å². The van der Waals surface area contributed by atoms with Crippen LogP contribution in [0, 0.1) is 12.7 Å². The van der Waals surface area contributed by atoms with E-state index in [1.807, 2.05) is 0 Å². The number of hydrogen-bond donors (Lipinski definition) is 0. The Balaban J connectivity index is 3.37. The molecule has 0 saturated carbocycles. The second-order valence-corrected chi connectivity index (χ2v) is 11.8. The molecule has 222 valence electrons. The van der Waals surface area contributed by atoms with Crippen molar-refractivity contribution in [3.05, 3.63) is 29.6 Å². The molecule has 38 heavy (non-hydrogen) atoms. The van der Waals surface area contributed by atoms with Crippen molar-refractivity contribution in [2.45, 2.75) is 104 Å². The smallest absolute Gasteiger partial charge is 0.240 e. The molecule has 0 aliphatic heterocycles. The van der Waals surface area contributed by atoms with E-state index >= 15 is 4.39 Å². The molecule has 0 nitrogen and oxygen atoms in total. The van der Waals surface area contributed by atoms with Gasteiger partial charge in [0.05, 0.1) is 12.8 Å². The lowest BCUT2D eigenvalue weighted by Gasteiger charge is -2.45. The van der Waals surface area contributed by atoms with Gasteiger partial charge in [0, 0.05) is 10.6 Å². The lowest BCUT2D eigenvalue weighted by molar-refractivity contribution is -0.317. The number of benzene rings is 1. The van der Waals surface area contributed by atoms with Crippen LogP contribution in [-0.4, -0.2) is 51.6 Å². The first-order chi connectivity index (χ1) is 16.5. The zero-order valence-corrected chi connectivity index (χ0v) is 22.5. The summed E-state index contributed by atoms with van der Waals surface area (Å²) in [7, 11) is 1.24. The highest BCUT2D eigenvalue weighted by molar-refractivity contribution is 8.00. The van der Waals surface area contributed by atoms with Crippen molar-refractivity contribution >= 4 is 21.0 Å². The minimum Gasteiger partial charge on any atom is -0.240 e. The van der Waals surface area contributed by atoms with Gasteiger partial charge in [-0.05, 0) is 63.2 Å². The topological polar surface area (TPSA) is 0 Å². The zero-order chi connectivity index (χ0) is 30.6. The molecule has 1 aromatic rings. The fourth-order valence-corrected chi connectivity index (χ4v) is 4.47. The van der Waals surface area contributed by atoms with Crippen LogP contribution in [0.1, 0.15) is 46.1 Å². The second-order valence-electron chi connectivity index (χ2n) is 9.67. The van der Waals surface area contributed by atoms with Gasteiger partial charge in [-0.2, -0.15) is 43.9 Å². The molecule has 0 radical (unpaired) electrons. The molecule has 0 N–H and O–H groups in total. The number of rotatable bonds is 12. The third-order valence-electron chi connectivity index (χ3n) is 6.18. The normalized spacial score (nSPS) is 19.9. The molecule has 0 saturated heterocycles.